The first-order valence-electron chi connectivity index (χ1n) is 7.93. The van der Waals surface area contributed by atoms with E-state index in [4.69, 9.17) is 16.3 Å². The highest BCUT2D eigenvalue weighted by atomic mass is 35.5. The van der Waals surface area contributed by atoms with E-state index in [0.717, 1.165) is 18.4 Å². The first-order chi connectivity index (χ1) is 10.8. The summed E-state index contributed by atoms with van der Waals surface area (Å²) in [6.45, 7) is 6.65. The minimum absolute atomic E-state index is 0.0335. The van der Waals surface area contributed by atoms with Crippen molar-refractivity contribution in [2.45, 2.75) is 51.8 Å². The lowest BCUT2D eigenvalue weighted by Gasteiger charge is -2.24. The molecule has 1 aliphatic carbocycles. The van der Waals surface area contributed by atoms with Crippen molar-refractivity contribution >= 4 is 17.7 Å². The molecule has 0 spiro atoms. The van der Waals surface area contributed by atoms with Crippen LogP contribution < -0.4 is 10.6 Å². The van der Waals surface area contributed by atoms with Gasteiger partial charge in [-0.15, -0.1) is 0 Å². The van der Waals surface area contributed by atoms with Crippen LogP contribution in [0.4, 0.5) is 4.79 Å². The molecule has 1 saturated carbocycles. The third-order valence-electron chi connectivity index (χ3n) is 3.64. The molecule has 0 bridgehead atoms. The summed E-state index contributed by atoms with van der Waals surface area (Å²) in [4.78, 5) is 11.9. The maximum absolute atomic E-state index is 11.9. The molecule has 1 atom stereocenters. The molecule has 2 rings (SSSR count). The number of hydrogen-bond acceptors (Lipinski definition) is 4. The van der Waals surface area contributed by atoms with Gasteiger partial charge in [-0.05, 0) is 45.6 Å². The van der Waals surface area contributed by atoms with E-state index in [9.17, 15) is 9.90 Å². The Morgan fingerprint density at radius 2 is 2.13 bits per heavy atom. The molecule has 1 aromatic carbocycles. The van der Waals surface area contributed by atoms with Crippen molar-refractivity contribution < 1.29 is 14.6 Å². The summed E-state index contributed by atoms with van der Waals surface area (Å²) >= 11 is 5.89. The van der Waals surface area contributed by atoms with Crippen molar-refractivity contribution in [3.05, 3.63) is 28.8 Å². The lowest BCUT2D eigenvalue weighted by molar-refractivity contribution is 0.0497. The van der Waals surface area contributed by atoms with Crippen molar-refractivity contribution in [2.24, 2.45) is 5.92 Å². The van der Waals surface area contributed by atoms with E-state index in [2.05, 4.69) is 10.6 Å². The van der Waals surface area contributed by atoms with Crippen molar-refractivity contribution in [2.75, 3.05) is 6.54 Å². The molecule has 6 heteroatoms. The molecule has 1 unspecified atom stereocenters. The zero-order valence-corrected chi connectivity index (χ0v) is 14.6. The highest BCUT2D eigenvalue weighted by Crippen LogP contribution is 2.32. The van der Waals surface area contributed by atoms with Crippen LogP contribution in [0.1, 0.15) is 39.2 Å². The summed E-state index contributed by atoms with van der Waals surface area (Å²) in [5, 5.41) is 16.4. The lowest BCUT2D eigenvalue weighted by atomic mass is 10.1. The fourth-order valence-corrected chi connectivity index (χ4v) is 2.55. The number of carbonyl (C=O) groups excluding carboxylic acids is 1. The van der Waals surface area contributed by atoms with Crippen LogP contribution in [0.15, 0.2) is 18.2 Å². The van der Waals surface area contributed by atoms with Crippen LogP contribution in [0.2, 0.25) is 5.02 Å². The number of para-hydroxylation sites is 1. The maximum atomic E-state index is 11.9. The topological polar surface area (TPSA) is 70.6 Å². The number of halogens is 1. The number of phenolic OH excluding ortho intramolecular Hbond substituents is 1. The van der Waals surface area contributed by atoms with E-state index in [-0.39, 0.29) is 17.9 Å². The molecule has 5 nitrogen and oxygen atoms in total. The van der Waals surface area contributed by atoms with E-state index < -0.39 is 5.60 Å². The van der Waals surface area contributed by atoms with Gasteiger partial charge in [0.25, 0.3) is 0 Å². The van der Waals surface area contributed by atoms with Gasteiger partial charge in [-0.3, -0.25) is 0 Å². The number of benzene rings is 1. The molecule has 0 radical (unpaired) electrons. The average molecular weight is 341 g/mol. The molecule has 0 saturated heterocycles. The number of hydrogen-bond donors (Lipinski definition) is 3. The molecule has 1 amide bonds. The number of alkyl carbamates (subject to hydrolysis) is 1. The number of aromatic hydroxyl groups is 1. The molecular formula is C17H25ClN2O3. The number of rotatable bonds is 6. The molecule has 1 fully saturated rings. The van der Waals surface area contributed by atoms with E-state index in [1.165, 1.54) is 0 Å². The SMILES string of the molecule is CC(C)(C)OC(=O)NC(CNCc1cccc(Cl)c1O)C1CC1. The first-order valence-corrected chi connectivity index (χ1v) is 8.30. The van der Waals surface area contributed by atoms with Crippen molar-refractivity contribution in [1.82, 2.24) is 10.6 Å². The Hall–Kier alpha value is -1.46. The lowest BCUT2D eigenvalue weighted by Crippen LogP contribution is -2.45. The van der Waals surface area contributed by atoms with Crippen molar-refractivity contribution in [1.29, 1.82) is 0 Å². The molecule has 128 valence electrons. The van der Waals surface area contributed by atoms with Gasteiger partial charge in [-0.25, -0.2) is 4.79 Å². The van der Waals surface area contributed by atoms with E-state index in [1.807, 2.05) is 26.8 Å². The first kappa shape index (κ1) is 17.9. The highest BCUT2D eigenvalue weighted by Gasteiger charge is 2.33. The molecule has 23 heavy (non-hydrogen) atoms. The van der Waals surface area contributed by atoms with Crippen LogP contribution in [0.25, 0.3) is 0 Å². The van der Waals surface area contributed by atoms with Gasteiger partial charge in [0.1, 0.15) is 11.4 Å². The second-order valence-corrected chi connectivity index (χ2v) is 7.38. The Kier molecular flexibility index (Phi) is 5.76. The average Bonchev–Trinajstić information content (AvgIpc) is 3.24. The predicted octanol–water partition coefficient (Wildman–Crippen LogP) is 3.44. The fraction of sp³-hybridized carbons (Fsp3) is 0.588. The summed E-state index contributed by atoms with van der Waals surface area (Å²) in [6.07, 6.45) is 1.84. The minimum atomic E-state index is -0.502. The zero-order chi connectivity index (χ0) is 17.0. The van der Waals surface area contributed by atoms with Gasteiger partial charge >= 0.3 is 6.09 Å². The summed E-state index contributed by atoms with van der Waals surface area (Å²) < 4.78 is 5.31. The van der Waals surface area contributed by atoms with Crippen LogP contribution in [-0.2, 0) is 11.3 Å². The second kappa shape index (κ2) is 7.41. The summed E-state index contributed by atoms with van der Waals surface area (Å²) in [5.74, 6) is 0.590. The van der Waals surface area contributed by atoms with Gasteiger partial charge in [0.05, 0.1) is 5.02 Å². The predicted molar refractivity (Wildman–Crippen MR) is 90.7 cm³/mol. The molecule has 1 aliphatic rings. The molecule has 1 aromatic rings. The van der Waals surface area contributed by atoms with Gasteiger partial charge in [0.15, 0.2) is 0 Å². The van der Waals surface area contributed by atoms with Crippen LogP contribution in [0.3, 0.4) is 0 Å². The minimum Gasteiger partial charge on any atom is -0.506 e. The Balaban J connectivity index is 1.83. The van der Waals surface area contributed by atoms with Gasteiger partial charge in [-0.2, -0.15) is 0 Å². The number of amides is 1. The van der Waals surface area contributed by atoms with E-state index >= 15 is 0 Å². The fourth-order valence-electron chi connectivity index (χ4n) is 2.36. The maximum Gasteiger partial charge on any atom is 0.407 e. The largest absolute Gasteiger partial charge is 0.506 e. The summed E-state index contributed by atoms with van der Waals surface area (Å²) in [5.41, 5.74) is 0.238. The van der Waals surface area contributed by atoms with E-state index in [1.54, 1.807) is 12.1 Å². The Bertz CT molecular complexity index is 553. The summed E-state index contributed by atoms with van der Waals surface area (Å²) in [6, 6.07) is 5.31. The summed E-state index contributed by atoms with van der Waals surface area (Å²) in [7, 11) is 0. The third kappa shape index (κ3) is 5.92. The van der Waals surface area contributed by atoms with E-state index in [0.29, 0.717) is 24.0 Å². The Morgan fingerprint density at radius 1 is 1.43 bits per heavy atom. The number of nitrogens with one attached hydrogen (secondary N) is 2. The Labute approximate surface area is 142 Å². The van der Waals surface area contributed by atoms with Gasteiger partial charge in [-0.1, -0.05) is 23.7 Å². The highest BCUT2D eigenvalue weighted by molar-refractivity contribution is 6.32. The quantitative estimate of drug-likeness (QED) is 0.742. The number of carbonyl (C=O) groups is 1. The van der Waals surface area contributed by atoms with Crippen LogP contribution in [0.5, 0.6) is 5.75 Å². The normalized spacial score (nSPS) is 16.0. The molecule has 0 aromatic heterocycles. The molecule has 0 aliphatic heterocycles. The van der Waals surface area contributed by atoms with Gasteiger partial charge in [0, 0.05) is 24.7 Å². The van der Waals surface area contributed by atoms with Gasteiger partial charge in [0.2, 0.25) is 0 Å². The molecular weight excluding hydrogens is 316 g/mol. The van der Waals surface area contributed by atoms with Crippen LogP contribution >= 0.6 is 11.6 Å². The number of ether oxygens (including phenoxy) is 1. The van der Waals surface area contributed by atoms with Crippen molar-refractivity contribution in [3.63, 3.8) is 0 Å². The standard InChI is InChI=1S/C17H25ClN2O3/c1-17(2,3)23-16(22)20-14(11-7-8-11)10-19-9-12-5-4-6-13(18)15(12)21/h4-6,11,14,19,21H,7-10H2,1-3H3,(H,20,22). The smallest absolute Gasteiger partial charge is 0.407 e. The van der Waals surface area contributed by atoms with Crippen LogP contribution in [0, 0.1) is 5.92 Å². The zero-order valence-electron chi connectivity index (χ0n) is 13.9. The second-order valence-electron chi connectivity index (χ2n) is 6.97. The van der Waals surface area contributed by atoms with Crippen LogP contribution in [-0.4, -0.2) is 29.4 Å². The van der Waals surface area contributed by atoms with Gasteiger partial charge < -0.3 is 20.5 Å². The van der Waals surface area contributed by atoms with Crippen molar-refractivity contribution in [3.8, 4) is 5.75 Å². The molecule has 0 heterocycles. The third-order valence-corrected chi connectivity index (χ3v) is 3.95. The Morgan fingerprint density at radius 3 is 2.74 bits per heavy atom. The monoisotopic (exact) mass is 340 g/mol. The number of phenols is 1. The molecule has 3 N–H and O–H groups in total.